The number of fused-ring (bicyclic) bond motifs is 1. The second kappa shape index (κ2) is 6.49. The van der Waals surface area contributed by atoms with Gasteiger partial charge < -0.3 is 14.8 Å². The third kappa shape index (κ3) is 3.11. The fraction of sp³-hybridized carbons (Fsp3) is 0.421. The maximum Gasteiger partial charge on any atom is 0.322 e. The molecular weight excluding hydrogens is 286 g/mol. The molecule has 4 nitrogen and oxygen atoms in total. The molecule has 0 unspecified atom stereocenters. The van der Waals surface area contributed by atoms with Crippen LogP contribution in [0.3, 0.4) is 0 Å². The Hall–Kier alpha value is -2.23. The van der Waals surface area contributed by atoms with Crippen molar-refractivity contribution >= 4 is 11.7 Å². The molecule has 0 radical (unpaired) electrons. The quantitative estimate of drug-likeness (QED) is 0.890. The van der Waals surface area contributed by atoms with Gasteiger partial charge in [0.25, 0.3) is 0 Å². The number of anilines is 1. The van der Waals surface area contributed by atoms with Gasteiger partial charge in [0.05, 0.1) is 6.04 Å². The second-order valence-corrected chi connectivity index (χ2v) is 6.35. The van der Waals surface area contributed by atoms with Gasteiger partial charge in [-0.05, 0) is 44.5 Å². The lowest BCUT2D eigenvalue weighted by Gasteiger charge is -2.37. The summed E-state index contributed by atoms with van der Waals surface area (Å²) in [4.78, 5) is 14.7. The van der Waals surface area contributed by atoms with E-state index in [-0.39, 0.29) is 12.1 Å². The number of carbonyl (C=O) groups is 1. The molecule has 0 saturated heterocycles. The molecule has 1 N–H and O–H groups in total. The normalized spacial score (nSPS) is 17.0. The van der Waals surface area contributed by atoms with Crippen molar-refractivity contribution in [3.05, 3.63) is 53.3 Å². The zero-order chi connectivity index (χ0) is 16.4. The number of urea groups is 1. The summed E-state index contributed by atoms with van der Waals surface area (Å²) in [6.45, 7) is 7.98. The van der Waals surface area contributed by atoms with E-state index in [1.807, 2.05) is 36.1 Å². The highest BCUT2D eigenvalue weighted by Gasteiger charge is 2.30. The number of nitrogens with one attached hydrogen (secondary N) is 1. The molecule has 122 valence electrons. The third-order valence-corrected chi connectivity index (χ3v) is 4.64. The topological polar surface area (TPSA) is 37.3 Å². The number of nitrogens with zero attached hydrogens (tertiary/aromatic N) is 2. The maximum atomic E-state index is 12.8. The Morgan fingerprint density at radius 3 is 2.57 bits per heavy atom. The highest BCUT2D eigenvalue weighted by Crippen LogP contribution is 2.31. The molecule has 3 rings (SSSR count). The van der Waals surface area contributed by atoms with E-state index in [1.54, 1.807) is 0 Å². The molecule has 2 amide bonds. The predicted octanol–water partition coefficient (Wildman–Crippen LogP) is 4.49. The van der Waals surface area contributed by atoms with Crippen LogP contribution in [0.2, 0.25) is 0 Å². The Balaban J connectivity index is 1.80. The molecule has 1 aliphatic heterocycles. The Morgan fingerprint density at radius 1 is 1.13 bits per heavy atom. The van der Waals surface area contributed by atoms with Crippen molar-refractivity contribution < 1.29 is 4.79 Å². The summed E-state index contributed by atoms with van der Waals surface area (Å²) in [6.07, 6.45) is 2.05. The van der Waals surface area contributed by atoms with Crippen LogP contribution in [0.15, 0.2) is 36.4 Å². The lowest BCUT2D eigenvalue weighted by molar-refractivity contribution is 0.162. The molecule has 0 saturated carbocycles. The van der Waals surface area contributed by atoms with Crippen molar-refractivity contribution in [1.29, 1.82) is 0 Å². The van der Waals surface area contributed by atoms with Gasteiger partial charge in [-0.2, -0.15) is 0 Å². The monoisotopic (exact) mass is 311 g/mol. The third-order valence-electron chi connectivity index (χ3n) is 4.64. The lowest BCUT2D eigenvalue weighted by atomic mass is 10.0. The summed E-state index contributed by atoms with van der Waals surface area (Å²) in [5, 5.41) is 3.04. The van der Waals surface area contributed by atoms with Gasteiger partial charge in [0.1, 0.15) is 0 Å². The van der Waals surface area contributed by atoms with Crippen LogP contribution in [0, 0.1) is 13.8 Å². The molecule has 1 atom stereocenters. The predicted molar refractivity (Wildman–Crippen MR) is 93.7 cm³/mol. The summed E-state index contributed by atoms with van der Waals surface area (Å²) >= 11 is 0. The first-order chi connectivity index (χ1) is 11.1. The van der Waals surface area contributed by atoms with Crippen LogP contribution in [-0.4, -0.2) is 22.0 Å². The van der Waals surface area contributed by atoms with E-state index in [1.165, 1.54) is 17.0 Å². The van der Waals surface area contributed by atoms with Crippen molar-refractivity contribution in [2.75, 3.05) is 11.9 Å². The first-order valence-electron chi connectivity index (χ1n) is 8.40. The van der Waals surface area contributed by atoms with Gasteiger partial charge in [0, 0.05) is 30.2 Å². The molecule has 2 heterocycles. The minimum absolute atomic E-state index is 0.00240. The Bertz CT molecular complexity index is 687. The molecular formula is C19H25N3O. The van der Waals surface area contributed by atoms with Crippen molar-refractivity contribution in [3.8, 4) is 0 Å². The van der Waals surface area contributed by atoms with Gasteiger partial charge in [-0.25, -0.2) is 4.79 Å². The van der Waals surface area contributed by atoms with Gasteiger partial charge in [0.15, 0.2) is 0 Å². The first kappa shape index (κ1) is 15.7. The number of aryl methyl sites for hydroxylation is 2. The van der Waals surface area contributed by atoms with E-state index in [0.717, 1.165) is 31.6 Å². The van der Waals surface area contributed by atoms with E-state index in [0.29, 0.717) is 0 Å². The maximum absolute atomic E-state index is 12.8. The van der Waals surface area contributed by atoms with Crippen LogP contribution >= 0.6 is 0 Å². The highest BCUT2D eigenvalue weighted by atomic mass is 16.2. The summed E-state index contributed by atoms with van der Waals surface area (Å²) in [5.41, 5.74) is 4.58. The van der Waals surface area contributed by atoms with Crippen LogP contribution in [0.1, 0.15) is 42.8 Å². The minimum Gasteiger partial charge on any atom is -0.345 e. The van der Waals surface area contributed by atoms with Gasteiger partial charge in [-0.3, -0.25) is 0 Å². The molecule has 4 heteroatoms. The zero-order valence-corrected chi connectivity index (χ0v) is 14.2. The number of hydrogen-bond donors (Lipinski definition) is 1. The molecule has 1 aromatic carbocycles. The van der Waals surface area contributed by atoms with Crippen molar-refractivity contribution in [3.63, 3.8) is 0 Å². The van der Waals surface area contributed by atoms with E-state index >= 15 is 0 Å². The molecule has 0 fully saturated rings. The van der Waals surface area contributed by atoms with Crippen LogP contribution in [0.5, 0.6) is 0 Å². The van der Waals surface area contributed by atoms with E-state index in [9.17, 15) is 4.79 Å². The molecule has 2 aromatic rings. The Morgan fingerprint density at radius 2 is 1.87 bits per heavy atom. The largest absolute Gasteiger partial charge is 0.345 e. The molecule has 1 aliphatic rings. The van der Waals surface area contributed by atoms with Crippen LogP contribution < -0.4 is 5.32 Å². The van der Waals surface area contributed by atoms with Crippen LogP contribution in [0.25, 0.3) is 0 Å². The highest BCUT2D eigenvalue weighted by molar-refractivity contribution is 5.89. The summed E-state index contributed by atoms with van der Waals surface area (Å²) in [7, 11) is 0. The standard InChI is InChI=1S/C19H25N3O/c1-4-5-17-18-11-8-15(3)21(18)12-13-22(17)19(23)20-16-9-6-14(2)7-10-16/h6-11,17H,4-5,12-13H2,1-3H3,(H,20,23)/t17-/m1/s1. The lowest BCUT2D eigenvalue weighted by Crippen LogP contribution is -2.44. The molecule has 0 aliphatic carbocycles. The fourth-order valence-corrected chi connectivity index (χ4v) is 3.36. The van der Waals surface area contributed by atoms with Gasteiger partial charge in [-0.15, -0.1) is 0 Å². The number of aromatic nitrogens is 1. The molecule has 0 bridgehead atoms. The number of carbonyl (C=O) groups excluding carboxylic acids is 1. The number of hydrogen-bond acceptors (Lipinski definition) is 1. The van der Waals surface area contributed by atoms with E-state index in [4.69, 9.17) is 0 Å². The number of amides is 2. The van der Waals surface area contributed by atoms with Crippen LogP contribution in [-0.2, 0) is 6.54 Å². The van der Waals surface area contributed by atoms with Crippen LogP contribution in [0.4, 0.5) is 10.5 Å². The first-order valence-corrected chi connectivity index (χ1v) is 8.40. The van der Waals surface area contributed by atoms with Gasteiger partial charge >= 0.3 is 6.03 Å². The average Bonchev–Trinajstić information content (AvgIpc) is 2.92. The van der Waals surface area contributed by atoms with Crippen molar-refractivity contribution in [2.24, 2.45) is 0 Å². The van der Waals surface area contributed by atoms with E-state index in [2.05, 4.69) is 35.9 Å². The summed E-state index contributed by atoms with van der Waals surface area (Å²) in [5.74, 6) is 0. The van der Waals surface area contributed by atoms with Gasteiger partial charge in [-0.1, -0.05) is 31.0 Å². The Kier molecular flexibility index (Phi) is 4.42. The number of rotatable bonds is 3. The molecule has 1 aromatic heterocycles. The smallest absolute Gasteiger partial charge is 0.322 e. The van der Waals surface area contributed by atoms with E-state index < -0.39 is 0 Å². The molecule has 0 spiro atoms. The molecule has 23 heavy (non-hydrogen) atoms. The minimum atomic E-state index is -0.00240. The van der Waals surface area contributed by atoms with Gasteiger partial charge in [0.2, 0.25) is 0 Å². The van der Waals surface area contributed by atoms with Crippen molar-refractivity contribution in [2.45, 2.75) is 46.2 Å². The summed E-state index contributed by atoms with van der Waals surface area (Å²) < 4.78 is 2.34. The second-order valence-electron chi connectivity index (χ2n) is 6.35. The number of benzene rings is 1. The SMILES string of the molecule is CCC[C@@H]1c2ccc(C)n2CCN1C(=O)Nc1ccc(C)cc1. The fourth-order valence-electron chi connectivity index (χ4n) is 3.36. The zero-order valence-electron chi connectivity index (χ0n) is 14.2. The van der Waals surface area contributed by atoms with Crippen molar-refractivity contribution in [1.82, 2.24) is 9.47 Å². The Labute approximate surface area is 138 Å². The summed E-state index contributed by atoms with van der Waals surface area (Å²) in [6, 6.07) is 12.4. The average molecular weight is 311 g/mol.